The lowest BCUT2D eigenvalue weighted by atomic mass is 10.1. The van der Waals surface area contributed by atoms with E-state index in [2.05, 4.69) is 15.3 Å². The van der Waals surface area contributed by atoms with Crippen LogP contribution in [0.5, 0.6) is 5.75 Å². The highest BCUT2D eigenvalue weighted by molar-refractivity contribution is 5.99. The van der Waals surface area contributed by atoms with Crippen LogP contribution in [0.15, 0.2) is 35.1 Å². The Morgan fingerprint density at radius 1 is 1.22 bits per heavy atom. The molecule has 0 radical (unpaired) electrons. The van der Waals surface area contributed by atoms with E-state index in [0.717, 1.165) is 0 Å². The number of hydrogen-bond acceptors (Lipinski definition) is 5. The molecular formula is C16H17N3O4. The number of carbonyl (C=O) groups excluding carboxylic acids is 2. The van der Waals surface area contributed by atoms with Gasteiger partial charge in [-0.05, 0) is 31.2 Å². The Morgan fingerprint density at radius 2 is 1.91 bits per heavy atom. The van der Waals surface area contributed by atoms with Gasteiger partial charge in [-0.3, -0.25) is 14.4 Å². The zero-order valence-corrected chi connectivity index (χ0v) is 12.9. The van der Waals surface area contributed by atoms with Gasteiger partial charge < -0.3 is 15.0 Å². The number of aryl methyl sites for hydroxylation is 1. The number of Topliss-reactive ketones (excluding diaryl/α,β-unsaturated/α-hetero) is 1. The van der Waals surface area contributed by atoms with Crippen LogP contribution in [-0.4, -0.2) is 28.8 Å². The lowest BCUT2D eigenvalue weighted by Gasteiger charge is -2.05. The number of hydrogen-bond donors (Lipinski definition) is 2. The second-order valence-corrected chi connectivity index (χ2v) is 4.92. The molecule has 23 heavy (non-hydrogen) atoms. The number of ether oxygens (including phenoxy) is 1. The average molecular weight is 315 g/mol. The van der Waals surface area contributed by atoms with Gasteiger partial charge in [0.1, 0.15) is 17.4 Å². The van der Waals surface area contributed by atoms with Gasteiger partial charge in [0.15, 0.2) is 5.78 Å². The lowest BCUT2D eigenvalue weighted by molar-refractivity contribution is -0.116. The first kappa shape index (κ1) is 16.4. The SMILES string of the molecule is COc1ccc(C(=O)CCC(=O)Nc2cc(=O)[nH]c(C)n2)cc1. The molecule has 0 atom stereocenters. The summed E-state index contributed by atoms with van der Waals surface area (Å²) in [5, 5.41) is 2.51. The van der Waals surface area contributed by atoms with Crippen LogP contribution in [0.3, 0.4) is 0 Å². The van der Waals surface area contributed by atoms with E-state index in [0.29, 0.717) is 17.1 Å². The summed E-state index contributed by atoms with van der Waals surface area (Å²) in [6.07, 6.45) is 0.0821. The number of ketones is 1. The van der Waals surface area contributed by atoms with Crippen molar-refractivity contribution in [3.05, 3.63) is 52.1 Å². The van der Waals surface area contributed by atoms with Crippen LogP contribution in [0.2, 0.25) is 0 Å². The van der Waals surface area contributed by atoms with Crippen LogP contribution < -0.4 is 15.6 Å². The average Bonchev–Trinajstić information content (AvgIpc) is 2.51. The second-order valence-electron chi connectivity index (χ2n) is 4.92. The van der Waals surface area contributed by atoms with Gasteiger partial charge in [0, 0.05) is 24.5 Å². The molecule has 0 aliphatic heterocycles. The van der Waals surface area contributed by atoms with Crippen molar-refractivity contribution >= 4 is 17.5 Å². The topological polar surface area (TPSA) is 101 Å². The van der Waals surface area contributed by atoms with Crippen LogP contribution in [0.4, 0.5) is 5.82 Å². The maximum absolute atomic E-state index is 12.0. The van der Waals surface area contributed by atoms with Gasteiger partial charge in [0.05, 0.1) is 7.11 Å². The molecule has 0 saturated heterocycles. The molecule has 0 aliphatic carbocycles. The number of carbonyl (C=O) groups is 2. The number of benzene rings is 1. The number of anilines is 1. The summed E-state index contributed by atoms with van der Waals surface area (Å²) in [5.41, 5.74) is 0.172. The normalized spacial score (nSPS) is 10.2. The number of nitrogens with zero attached hydrogens (tertiary/aromatic N) is 1. The van der Waals surface area contributed by atoms with E-state index in [1.165, 1.54) is 6.07 Å². The van der Waals surface area contributed by atoms with Crippen molar-refractivity contribution in [3.63, 3.8) is 0 Å². The van der Waals surface area contributed by atoms with Crippen LogP contribution in [0.1, 0.15) is 29.0 Å². The predicted octanol–water partition coefficient (Wildman–Crippen LogP) is 1.69. The molecule has 120 valence electrons. The minimum atomic E-state index is -0.371. The highest BCUT2D eigenvalue weighted by Gasteiger charge is 2.10. The maximum Gasteiger partial charge on any atom is 0.252 e. The van der Waals surface area contributed by atoms with Crippen molar-refractivity contribution in [1.29, 1.82) is 0 Å². The van der Waals surface area contributed by atoms with E-state index >= 15 is 0 Å². The third-order valence-corrected chi connectivity index (χ3v) is 3.12. The Balaban J connectivity index is 1.90. The van der Waals surface area contributed by atoms with Gasteiger partial charge in [-0.1, -0.05) is 0 Å². The van der Waals surface area contributed by atoms with Crippen LogP contribution in [-0.2, 0) is 4.79 Å². The molecular weight excluding hydrogens is 298 g/mol. The molecule has 2 rings (SSSR count). The molecule has 1 aromatic heterocycles. The molecule has 0 spiro atoms. The zero-order valence-electron chi connectivity index (χ0n) is 12.9. The number of rotatable bonds is 6. The summed E-state index contributed by atoms with van der Waals surface area (Å²) >= 11 is 0. The van der Waals surface area contributed by atoms with E-state index in [1.807, 2.05) is 0 Å². The second kappa shape index (κ2) is 7.35. The fraction of sp³-hybridized carbons (Fsp3) is 0.250. The number of nitrogens with one attached hydrogen (secondary N) is 2. The number of aromatic nitrogens is 2. The first-order valence-electron chi connectivity index (χ1n) is 7.03. The highest BCUT2D eigenvalue weighted by Crippen LogP contribution is 2.13. The summed E-state index contributed by atoms with van der Waals surface area (Å²) in [7, 11) is 1.55. The monoisotopic (exact) mass is 315 g/mol. The van der Waals surface area contributed by atoms with Gasteiger partial charge in [-0.25, -0.2) is 4.98 Å². The number of H-pyrrole nitrogens is 1. The van der Waals surface area contributed by atoms with Gasteiger partial charge in [-0.2, -0.15) is 0 Å². The first-order chi connectivity index (χ1) is 11.0. The van der Waals surface area contributed by atoms with Crippen LogP contribution >= 0.6 is 0 Å². The van der Waals surface area contributed by atoms with Crippen LogP contribution in [0, 0.1) is 6.92 Å². The Morgan fingerprint density at radius 3 is 2.52 bits per heavy atom. The van der Waals surface area contributed by atoms with Gasteiger partial charge in [0.25, 0.3) is 5.56 Å². The van der Waals surface area contributed by atoms with Crippen molar-refractivity contribution in [1.82, 2.24) is 9.97 Å². The van der Waals surface area contributed by atoms with E-state index in [4.69, 9.17) is 4.74 Å². The zero-order chi connectivity index (χ0) is 16.8. The van der Waals surface area contributed by atoms with Crippen LogP contribution in [0.25, 0.3) is 0 Å². The molecule has 0 unspecified atom stereocenters. The fourth-order valence-corrected chi connectivity index (χ4v) is 2.00. The highest BCUT2D eigenvalue weighted by atomic mass is 16.5. The number of amides is 1. The minimum absolute atomic E-state index is 0.0123. The molecule has 2 N–H and O–H groups in total. The van der Waals surface area contributed by atoms with Crippen molar-refractivity contribution in [2.24, 2.45) is 0 Å². The van der Waals surface area contributed by atoms with Crippen molar-refractivity contribution in [3.8, 4) is 5.75 Å². The summed E-state index contributed by atoms with van der Waals surface area (Å²) in [4.78, 5) is 41.6. The minimum Gasteiger partial charge on any atom is -0.497 e. The number of aromatic amines is 1. The van der Waals surface area contributed by atoms with Gasteiger partial charge in [-0.15, -0.1) is 0 Å². The van der Waals surface area contributed by atoms with E-state index in [9.17, 15) is 14.4 Å². The molecule has 1 aromatic carbocycles. The van der Waals surface area contributed by atoms with Crippen molar-refractivity contribution in [2.45, 2.75) is 19.8 Å². The summed E-state index contributed by atoms with van der Waals surface area (Å²) < 4.78 is 5.02. The Bertz CT molecular complexity index is 766. The Labute approximate surface area is 132 Å². The fourth-order valence-electron chi connectivity index (χ4n) is 2.00. The molecule has 7 heteroatoms. The molecule has 1 amide bonds. The van der Waals surface area contributed by atoms with Crippen molar-refractivity contribution < 1.29 is 14.3 Å². The third-order valence-electron chi connectivity index (χ3n) is 3.12. The third kappa shape index (κ3) is 4.77. The number of methoxy groups -OCH3 is 1. The quantitative estimate of drug-likeness (QED) is 0.790. The maximum atomic E-state index is 12.0. The Hall–Kier alpha value is -2.96. The predicted molar refractivity (Wildman–Crippen MR) is 84.8 cm³/mol. The Kier molecular flexibility index (Phi) is 5.24. The van der Waals surface area contributed by atoms with E-state index in [-0.39, 0.29) is 35.9 Å². The summed E-state index contributed by atoms with van der Waals surface area (Å²) in [6, 6.07) is 7.88. The molecule has 2 aromatic rings. The molecule has 1 heterocycles. The molecule has 7 nitrogen and oxygen atoms in total. The van der Waals surface area contributed by atoms with Crippen molar-refractivity contribution in [2.75, 3.05) is 12.4 Å². The molecule has 0 fully saturated rings. The van der Waals surface area contributed by atoms with Gasteiger partial charge >= 0.3 is 0 Å². The van der Waals surface area contributed by atoms with Gasteiger partial charge in [0.2, 0.25) is 5.91 Å². The molecule has 0 aliphatic rings. The molecule has 0 bridgehead atoms. The van der Waals surface area contributed by atoms with E-state index < -0.39 is 0 Å². The smallest absolute Gasteiger partial charge is 0.252 e. The summed E-state index contributed by atoms with van der Waals surface area (Å²) in [6.45, 7) is 1.62. The lowest BCUT2D eigenvalue weighted by Crippen LogP contribution is -2.17. The summed E-state index contributed by atoms with van der Waals surface area (Å²) in [5.74, 6) is 0.729. The largest absolute Gasteiger partial charge is 0.497 e. The molecule has 0 saturated carbocycles. The first-order valence-corrected chi connectivity index (χ1v) is 7.03. The standard InChI is InChI=1S/C16H17N3O4/c1-10-17-14(9-16(22)18-10)19-15(21)8-7-13(20)11-3-5-12(23-2)6-4-11/h3-6,9H,7-8H2,1-2H3,(H2,17,18,19,21,22). The van der Waals surface area contributed by atoms with E-state index in [1.54, 1.807) is 38.3 Å².